The minimum absolute atomic E-state index is 0.152. The maximum atomic E-state index is 11.0. The summed E-state index contributed by atoms with van der Waals surface area (Å²) in [5, 5.41) is 13.2. The lowest BCUT2D eigenvalue weighted by atomic mass is 10.2. The van der Waals surface area contributed by atoms with E-state index in [4.69, 9.17) is 9.84 Å². The lowest BCUT2D eigenvalue weighted by Gasteiger charge is -2.09. The molecule has 0 amide bonds. The summed E-state index contributed by atoms with van der Waals surface area (Å²) in [5.41, 5.74) is 1.78. The molecule has 6 heteroatoms. The smallest absolute Gasteiger partial charge is 0.375 e. The van der Waals surface area contributed by atoms with E-state index in [-0.39, 0.29) is 5.82 Å². The molecule has 0 atom stereocenters. The third-order valence-electron chi connectivity index (χ3n) is 3.39. The molecule has 3 rings (SSSR count). The number of methoxy groups -OCH3 is 1. The second kappa shape index (κ2) is 4.63. The number of rotatable bonds is 4. The predicted octanol–water partition coefficient (Wildman–Crippen LogP) is 2.16. The van der Waals surface area contributed by atoms with Crippen molar-refractivity contribution in [3.05, 3.63) is 35.4 Å². The molecule has 1 aliphatic rings. The van der Waals surface area contributed by atoms with Crippen molar-refractivity contribution in [3.63, 3.8) is 0 Å². The van der Waals surface area contributed by atoms with Gasteiger partial charge in [0.05, 0.1) is 12.8 Å². The van der Waals surface area contributed by atoms with Crippen LogP contribution in [0.3, 0.4) is 0 Å². The lowest BCUT2D eigenvalue weighted by molar-refractivity contribution is 0.0683. The molecule has 1 fully saturated rings. The molecular formula is C14H15N3O3. The number of ether oxygens (including phenoxy) is 1. The van der Waals surface area contributed by atoms with Gasteiger partial charge < -0.3 is 9.84 Å². The maximum Gasteiger partial charge on any atom is 0.375 e. The largest absolute Gasteiger partial charge is 0.496 e. The van der Waals surface area contributed by atoms with E-state index in [0.717, 1.165) is 35.7 Å². The number of carboxylic acid groups (broad SMARTS) is 1. The van der Waals surface area contributed by atoms with E-state index in [9.17, 15) is 4.79 Å². The first kappa shape index (κ1) is 12.7. The van der Waals surface area contributed by atoms with Gasteiger partial charge in [0.15, 0.2) is 0 Å². The topological polar surface area (TPSA) is 77.2 Å². The van der Waals surface area contributed by atoms with Gasteiger partial charge in [-0.3, -0.25) is 0 Å². The number of aromatic nitrogens is 3. The van der Waals surface area contributed by atoms with Crippen molar-refractivity contribution in [2.45, 2.75) is 25.7 Å². The molecule has 1 aromatic heterocycles. The number of benzene rings is 1. The number of carbonyl (C=O) groups is 1. The van der Waals surface area contributed by atoms with Gasteiger partial charge in [0.2, 0.25) is 0 Å². The Balaban J connectivity index is 2.08. The molecule has 6 nitrogen and oxygen atoms in total. The predicted molar refractivity (Wildman–Crippen MR) is 71.6 cm³/mol. The van der Waals surface area contributed by atoms with Crippen LogP contribution >= 0.6 is 0 Å². The fraction of sp³-hybridized carbons (Fsp3) is 0.357. The molecule has 0 bridgehead atoms. The van der Waals surface area contributed by atoms with Crippen LogP contribution in [0.25, 0.3) is 5.69 Å². The van der Waals surface area contributed by atoms with E-state index < -0.39 is 5.97 Å². The molecule has 20 heavy (non-hydrogen) atoms. The van der Waals surface area contributed by atoms with E-state index in [1.165, 1.54) is 0 Å². The highest BCUT2D eigenvalue weighted by Crippen LogP contribution is 2.40. The average molecular weight is 273 g/mol. The first-order chi connectivity index (χ1) is 9.60. The van der Waals surface area contributed by atoms with Crippen LogP contribution in [0.1, 0.15) is 40.8 Å². The summed E-state index contributed by atoms with van der Waals surface area (Å²) in [6.07, 6.45) is 2.07. The third kappa shape index (κ3) is 2.13. The van der Waals surface area contributed by atoms with Gasteiger partial charge in [-0.15, -0.1) is 5.10 Å². The monoisotopic (exact) mass is 273 g/mol. The number of hydrogen-bond donors (Lipinski definition) is 1. The van der Waals surface area contributed by atoms with Crippen LogP contribution in [0.15, 0.2) is 18.2 Å². The first-order valence-electron chi connectivity index (χ1n) is 6.45. The van der Waals surface area contributed by atoms with Crippen LogP contribution in [0, 0.1) is 6.92 Å². The zero-order chi connectivity index (χ0) is 14.3. The van der Waals surface area contributed by atoms with Gasteiger partial charge in [0.1, 0.15) is 11.6 Å². The Morgan fingerprint density at radius 3 is 2.75 bits per heavy atom. The van der Waals surface area contributed by atoms with E-state index in [1.807, 2.05) is 25.1 Å². The molecule has 0 saturated heterocycles. The summed E-state index contributed by atoms with van der Waals surface area (Å²) in [7, 11) is 1.62. The summed E-state index contributed by atoms with van der Waals surface area (Å²) in [6, 6.07) is 5.63. The minimum atomic E-state index is -1.10. The molecule has 1 aromatic carbocycles. The van der Waals surface area contributed by atoms with Crippen molar-refractivity contribution in [1.82, 2.24) is 14.8 Å². The highest BCUT2D eigenvalue weighted by atomic mass is 16.5. The number of nitrogens with zero attached hydrogens (tertiary/aromatic N) is 3. The summed E-state index contributed by atoms with van der Waals surface area (Å²) < 4.78 is 6.86. The quantitative estimate of drug-likeness (QED) is 0.923. The molecule has 0 aliphatic heterocycles. The van der Waals surface area contributed by atoms with Crippen molar-refractivity contribution in [1.29, 1.82) is 0 Å². The van der Waals surface area contributed by atoms with Crippen molar-refractivity contribution < 1.29 is 14.6 Å². The SMILES string of the molecule is COc1ccc(-n2nc(C(=O)O)nc2C2CC2)cc1C. The molecule has 1 heterocycles. The van der Waals surface area contributed by atoms with Gasteiger partial charge in [0, 0.05) is 5.92 Å². The molecule has 2 aromatic rings. The molecule has 104 valence electrons. The van der Waals surface area contributed by atoms with Crippen LogP contribution in [0.4, 0.5) is 0 Å². The number of aryl methyl sites for hydroxylation is 1. The van der Waals surface area contributed by atoms with Crippen molar-refractivity contribution in [2.24, 2.45) is 0 Å². The fourth-order valence-electron chi connectivity index (χ4n) is 2.20. The summed E-state index contributed by atoms with van der Waals surface area (Å²) in [5.74, 6) is 0.585. The second-order valence-electron chi connectivity index (χ2n) is 4.94. The number of carboxylic acids is 1. The molecule has 0 spiro atoms. The molecule has 1 N–H and O–H groups in total. The number of hydrogen-bond acceptors (Lipinski definition) is 4. The molecule has 1 saturated carbocycles. The Bertz CT molecular complexity index is 674. The Kier molecular flexibility index (Phi) is 2.93. The van der Waals surface area contributed by atoms with Crippen LogP contribution in [-0.4, -0.2) is 33.0 Å². The lowest BCUT2D eigenvalue weighted by Crippen LogP contribution is -2.04. The van der Waals surface area contributed by atoms with Crippen LogP contribution in [-0.2, 0) is 0 Å². The minimum Gasteiger partial charge on any atom is -0.496 e. The zero-order valence-corrected chi connectivity index (χ0v) is 11.3. The van der Waals surface area contributed by atoms with Gasteiger partial charge in [-0.2, -0.15) is 0 Å². The summed E-state index contributed by atoms with van der Waals surface area (Å²) >= 11 is 0. The normalized spacial score (nSPS) is 14.3. The van der Waals surface area contributed by atoms with E-state index in [2.05, 4.69) is 10.1 Å². The summed E-state index contributed by atoms with van der Waals surface area (Å²) in [6.45, 7) is 1.94. The van der Waals surface area contributed by atoms with Gasteiger partial charge in [-0.1, -0.05) is 0 Å². The van der Waals surface area contributed by atoms with Crippen molar-refractivity contribution in [2.75, 3.05) is 7.11 Å². The Morgan fingerprint density at radius 2 is 2.20 bits per heavy atom. The zero-order valence-electron chi connectivity index (χ0n) is 11.3. The van der Waals surface area contributed by atoms with Crippen LogP contribution in [0.2, 0.25) is 0 Å². The summed E-state index contributed by atoms with van der Waals surface area (Å²) in [4.78, 5) is 15.2. The number of aromatic carboxylic acids is 1. The molecule has 1 aliphatic carbocycles. The van der Waals surface area contributed by atoms with Gasteiger partial charge >= 0.3 is 5.97 Å². The highest BCUT2D eigenvalue weighted by Gasteiger charge is 2.31. The van der Waals surface area contributed by atoms with Gasteiger partial charge in [-0.05, 0) is 43.5 Å². The van der Waals surface area contributed by atoms with E-state index >= 15 is 0 Å². The van der Waals surface area contributed by atoms with Crippen molar-refractivity contribution in [3.8, 4) is 11.4 Å². The third-order valence-corrected chi connectivity index (χ3v) is 3.39. The fourth-order valence-corrected chi connectivity index (χ4v) is 2.20. The highest BCUT2D eigenvalue weighted by molar-refractivity contribution is 5.83. The Morgan fingerprint density at radius 1 is 1.45 bits per heavy atom. The van der Waals surface area contributed by atoms with E-state index in [1.54, 1.807) is 11.8 Å². The molecular weight excluding hydrogens is 258 g/mol. The van der Waals surface area contributed by atoms with Crippen LogP contribution in [0.5, 0.6) is 5.75 Å². The van der Waals surface area contributed by atoms with Gasteiger partial charge in [0.25, 0.3) is 5.82 Å². The van der Waals surface area contributed by atoms with Gasteiger partial charge in [-0.25, -0.2) is 14.5 Å². The Hall–Kier alpha value is -2.37. The second-order valence-corrected chi connectivity index (χ2v) is 4.94. The average Bonchev–Trinajstić information content (AvgIpc) is 3.17. The first-order valence-corrected chi connectivity index (χ1v) is 6.45. The maximum absolute atomic E-state index is 11.0. The molecule has 0 unspecified atom stereocenters. The van der Waals surface area contributed by atoms with Crippen LogP contribution < -0.4 is 4.74 Å². The standard InChI is InChI=1S/C14H15N3O3/c1-8-7-10(5-6-11(8)20-2)17-13(9-3-4-9)15-12(16-17)14(18)19/h5-7,9H,3-4H2,1-2H3,(H,18,19). The Labute approximate surface area is 116 Å². The molecule has 0 radical (unpaired) electrons. The van der Waals surface area contributed by atoms with E-state index in [0.29, 0.717) is 5.92 Å². The van der Waals surface area contributed by atoms with Crippen molar-refractivity contribution >= 4 is 5.97 Å².